The van der Waals surface area contributed by atoms with Gasteiger partial charge in [-0.15, -0.1) is 0 Å². The van der Waals surface area contributed by atoms with Gasteiger partial charge in [-0.1, -0.05) is 12.1 Å². The van der Waals surface area contributed by atoms with Crippen molar-refractivity contribution in [3.8, 4) is 0 Å². The highest BCUT2D eigenvalue weighted by Gasteiger charge is 2.49. The molecule has 1 aromatic carbocycles. The van der Waals surface area contributed by atoms with Crippen LogP contribution < -0.4 is 16.0 Å². The third kappa shape index (κ3) is 5.51. The number of aromatic nitrogens is 1. The van der Waals surface area contributed by atoms with Crippen LogP contribution in [0.2, 0.25) is 0 Å². The first kappa shape index (κ1) is 25.1. The first-order valence-corrected chi connectivity index (χ1v) is 10.3. The number of nitrogens with two attached hydrogens (primary N) is 1. The minimum Gasteiger partial charge on any atom is -0.479 e. The summed E-state index contributed by atoms with van der Waals surface area (Å²) in [6.07, 6.45) is -9.56. The summed E-state index contributed by atoms with van der Waals surface area (Å²) >= 11 is 0. The quantitative estimate of drug-likeness (QED) is 0.319. The van der Waals surface area contributed by atoms with E-state index in [1.807, 2.05) is 0 Å². The molecule has 7 N–H and O–H groups in total. The van der Waals surface area contributed by atoms with Crippen molar-refractivity contribution in [3.05, 3.63) is 47.8 Å². The largest absolute Gasteiger partial charge is 0.479 e. The van der Waals surface area contributed by atoms with Gasteiger partial charge in [-0.2, -0.15) is 0 Å². The fraction of sp³-hybridized carbons (Fsp3) is 0.381. The number of benzene rings is 1. The van der Waals surface area contributed by atoms with E-state index in [4.69, 9.17) is 15.2 Å². The van der Waals surface area contributed by atoms with E-state index < -0.39 is 48.5 Å². The Balaban J connectivity index is 1.98. The molecule has 3 rings (SSSR count). The number of halogens is 1. The lowest BCUT2D eigenvalue weighted by Crippen LogP contribution is -2.64. The van der Waals surface area contributed by atoms with E-state index in [1.165, 1.54) is 41.3 Å². The molecule has 0 bridgehead atoms. The lowest BCUT2D eigenvalue weighted by Gasteiger charge is -2.44. The van der Waals surface area contributed by atoms with Crippen LogP contribution in [-0.2, 0) is 20.8 Å². The van der Waals surface area contributed by atoms with Gasteiger partial charge in [-0.3, -0.25) is 5.32 Å². The summed E-state index contributed by atoms with van der Waals surface area (Å²) in [4.78, 5) is 28.7. The molecule has 0 aliphatic carbocycles. The second-order valence-corrected chi connectivity index (χ2v) is 7.46. The van der Waals surface area contributed by atoms with Crippen LogP contribution in [0, 0.1) is 5.82 Å². The van der Waals surface area contributed by atoms with Crippen LogP contribution in [0.1, 0.15) is 12.5 Å². The van der Waals surface area contributed by atoms with E-state index in [1.54, 1.807) is 6.92 Å². The molecule has 1 fully saturated rings. The molecule has 1 aliphatic heterocycles. The van der Waals surface area contributed by atoms with Gasteiger partial charge in [-0.05, 0) is 36.8 Å². The van der Waals surface area contributed by atoms with Crippen LogP contribution in [0.25, 0.3) is 0 Å². The molecule has 2 aromatic rings. The van der Waals surface area contributed by atoms with Gasteiger partial charge in [0.25, 0.3) is 0 Å². The van der Waals surface area contributed by atoms with Crippen molar-refractivity contribution in [1.29, 1.82) is 0 Å². The molecule has 1 aromatic heterocycles. The number of aliphatic hydroxyl groups is 3. The molecule has 12 nitrogen and oxygen atoms in total. The second-order valence-electron chi connectivity index (χ2n) is 7.46. The summed E-state index contributed by atoms with van der Waals surface area (Å²) in [7, 11) is 0. The van der Waals surface area contributed by atoms with Gasteiger partial charge in [0.15, 0.2) is 12.3 Å². The van der Waals surface area contributed by atoms with E-state index in [0.717, 1.165) is 0 Å². The Bertz CT molecular complexity index is 1020. The van der Waals surface area contributed by atoms with E-state index in [0.29, 0.717) is 5.56 Å². The van der Waals surface area contributed by atoms with Crippen molar-refractivity contribution in [2.75, 3.05) is 22.6 Å². The lowest BCUT2D eigenvalue weighted by molar-refractivity contribution is -0.227. The van der Waals surface area contributed by atoms with E-state index >= 15 is 0 Å². The summed E-state index contributed by atoms with van der Waals surface area (Å²) in [5, 5.41) is 42.7. The van der Waals surface area contributed by atoms with Crippen LogP contribution in [0.3, 0.4) is 0 Å². The van der Waals surface area contributed by atoms with Crippen LogP contribution in [-0.4, -0.2) is 74.7 Å². The minimum atomic E-state index is -1.88. The standard InChI is InChI=1S/C21H25FN4O8/c1-2-33-21(32)24-12-7-8-13(25-18(12)23)26(9-10-3-5-11(22)6-4-10)19-16(29)14(27)15(28)17(34-19)20(30)31/h3-8,14-17,19,27-29H,2,9H2,1H3,(H2,23,25)(H,24,32)(H,30,31)/t14-,15-,16+,17-,19+/m0/s1. The predicted octanol–water partition coefficient (Wildman–Crippen LogP) is 0.270. The Morgan fingerprint density at radius 1 is 1.15 bits per heavy atom. The maximum Gasteiger partial charge on any atom is 0.411 e. The van der Waals surface area contributed by atoms with Crippen LogP contribution in [0.5, 0.6) is 0 Å². The number of ether oxygens (including phenoxy) is 2. The number of nitrogen functional groups attached to an aromatic ring is 1. The number of rotatable bonds is 7. The Hall–Kier alpha value is -3.52. The predicted molar refractivity (Wildman–Crippen MR) is 116 cm³/mol. The van der Waals surface area contributed by atoms with E-state index in [-0.39, 0.29) is 30.5 Å². The highest BCUT2D eigenvalue weighted by molar-refractivity contribution is 5.88. The Morgan fingerprint density at radius 3 is 2.41 bits per heavy atom. The zero-order valence-electron chi connectivity index (χ0n) is 18.0. The number of carbonyl (C=O) groups is 2. The van der Waals surface area contributed by atoms with E-state index in [9.17, 15) is 34.4 Å². The average Bonchev–Trinajstić information content (AvgIpc) is 2.79. The van der Waals surface area contributed by atoms with Crippen molar-refractivity contribution in [2.45, 2.75) is 44.1 Å². The molecule has 5 atom stereocenters. The van der Waals surface area contributed by atoms with Gasteiger partial charge >= 0.3 is 12.1 Å². The normalized spacial score (nSPS) is 24.3. The molecule has 13 heteroatoms. The van der Waals surface area contributed by atoms with Crippen LogP contribution >= 0.6 is 0 Å². The Labute approximate surface area is 193 Å². The molecular weight excluding hydrogens is 455 g/mol. The summed E-state index contributed by atoms with van der Waals surface area (Å²) in [6.45, 7) is 1.69. The number of pyridine rings is 1. The third-order valence-electron chi connectivity index (χ3n) is 5.12. The lowest BCUT2D eigenvalue weighted by atomic mass is 9.97. The number of carboxylic acid groups (broad SMARTS) is 1. The first-order chi connectivity index (χ1) is 16.1. The molecule has 34 heavy (non-hydrogen) atoms. The zero-order chi connectivity index (χ0) is 25.0. The fourth-order valence-corrected chi connectivity index (χ4v) is 3.42. The van der Waals surface area contributed by atoms with Gasteiger partial charge in [0.1, 0.15) is 35.8 Å². The van der Waals surface area contributed by atoms with Gasteiger partial charge in [-0.25, -0.2) is 19.0 Å². The zero-order valence-corrected chi connectivity index (χ0v) is 18.0. The average molecular weight is 480 g/mol. The Kier molecular flexibility index (Phi) is 7.83. The number of amides is 1. The van der Waals surface area contributed by atoms with Crippen molar-refractivity contribution in [1.82, 2.24) is 4.98 Å². The number of aliphatic hydroxyl groups excluding tert-OH is 3. The highest BCUT2D eigenvalue weighted by atomic mass is 19.1. The van der Waals surface area contributed by atoms with Gasteiger partial charge in [0.05, 0.1) is 12.3 Å². The number of hydrogen-bond donors (Lipinski definition) is 6. The smallest absolute Gasteiger partial charge is 0.411 e. The first-order valence-electron chi connectivity index (χ1n) is 10.3. The number of anilines is 3. The molecule has 0 unspecified atom stereocenters. The summed E-state index contributed by atoms with van der Waals surface area (Å²) in [6, 6.07) is 8.14. The molecule has 1 saturated heterocycles. The Morgan fingerprint density at radius 2 is 1.82 bits per heavy atom. The molecular formula is C21H25FN4O8. The maximum atomic E-state index is 13.4. The van der Waals surface area contributed by atoms with E-state index in [2.05, 4.69) is 10.3 Å². The number of aliphatic carboxylic acids is 1. The number of hydrogen-bond acceptors (Lipinski definition) is 10. The van der Waals surface area contributed by atoms with Gasteiger partial charge < -0.3 is 40.5 Å². The minimum absolute atomic E-state index is 0.0751. The number of carbonyl (C=O) groups excluding carboxylic acids is 1. The van der Waals surface area contributed by atoms with Crippen molar-refractivity contribution in [2.24, 2.45) is 0 Å². The fourth-order valence-electron chi connectivity index (χ4n) is 3.42. The second kappa shape index (κ2) is 10.6. The molecule has 0 radical (unpaired) electrons. The molecule has 1 aliphatic rings. The molecule has 184 valence electrons. The van der Waals surface area contributed by atoms with Crippen molar-refractivity contribution in [3.63, 3.8) is 0 Å². The van der Waals surface area contributed by atoms with Crippen LogP contribution in [0.15, 0.2) is 36.4 Å². The van der Waals surface area contributed by atoms with Crippen molar-refractivity contribution < 1.29 is 43.9 Å². The summed E-state index contributed by atoms with van der Waals surface area (Å²) in [5.74, 6) is -2.08. The molecule has 2 heterocycles. The molecule has 0 saturated carbocycles. The number of carboxylic acids is 1. The third-order valence-corrected chi connectivity index (χ3v) is 5.12. The monoisotopic (exact) mass is 480 g/mol. The highest BCUT2D eigenvalue weighted by Crippen LogP contribution is 2.30. The van der Waals surface area contributed by atoms with Crippen molar-refractivity contribution >= 4 is 29.4 Å². The summed E-state index contributed by atoms with van der Waals surface area (Å²) in [5.41, 5.74) is 6.62. The van der Waals surface area contributed by atoms with Gasteiger partial charge in [0, 0.05) is 6.54 Å². The van der Waals surface area contributed by atoms with Crippen LogP contribution in [0.4, 0.5) is 26.5 Å². The number of nitrogens with one attached hydrogen (secondary N) is 1. The molecule has 0 spiro atoms. The summed E-state index contributed by atoms with van der Waals surface area (Å²) < 4.78 is 23.6. The number of nitrogens with zero attached hydrogens (tertiary/aromatic N) is 2. The molecule has 1 amide bonds. The maximum absolute atomic E-state index is 13.4. The topological polar surface area (TPSA) is 188 Å². The van der Waals surface area contributed by atoms with Gasteiger partial charge in [0.2, 0.25) is 0 Å². The SMILES string of the molecule is CCOC(=O)Nc1ccc(N(Cc2ccc(F)cc2)[C@@H]2O[C@H](C(=O)O)[C@@H](O)[C@H](O)[C@H]2O)nc1N.